The fraction of sp³-hybridized carbons (Fsp3) is 0.176. The number of aryl methyl sites for hydroxylation is 1. The number of benzene rings is 1. The Morgan fingerprint density at radius 1 is 1.25 bits per heavy atom. The van der Waals surface area contributed by atoms with Gasteiger partial charge in [0.05, 0.1) is 0 Å². The molecule has 2 heterocycles. The van der Waals surface area contributed by atoms with Gasteiger partial charge in [0, 0.05) is 11.6 Å². The molecule has 1 N–H and O–H groups in total. The van der Waals surface area contributed by atoms with Gasteiger partial charge >= 0.3 is 5.63 Å². The topological polar surface area (TPSA) is 102 Å². The van der Waals surface area contributed by atoms with E-state index in [9.17, 15) is 14.4 Å². The minimum Gasteiger partial charge on any atom is -0.456 e. The maximum atomic E-state index is 12.2. The summed E-state index contributed by atoms with van der Waals surface area (Å²) in [4.78, 5) is 42.1. The second-order valence-corrected chi connectivity index (χ2v) is 5.07. The lowest BCUT2D eigenvalue weighted by Crippen LogP contribution is -2.18. The van der Waals surface area contributed by atoms with Crippen LogP contribution in [0.2, 0.25) is 0 Å². The Morgan fingerprint density at radius 2 is 2.00 bits per heavy atom. The van der Waals surface area contributed by atoms with Crippen LogP contribution in [0.15, 0.2) is 50.4 Å². The molecule has 3 rings (SSSR count). The van der Waals surface area contributed by atoms with Gasteiger partial charge in [-0.3, -0.25) is 14.6 Å². The smallest absolute Gasteiger partial charge is 0.337 e. The second kappa shape index (κ2) is 6.49. The number of aromatic amines is 1. The highest BCUT2D eigenvalue weighted by Gasteiger charge is 2.13. The quantitative estimate of drug-likeness (QED) is 0.716. The van der Waals surface area contributed by atoms with Crippen molar-refractivity contribution in [3.05, 3.63) is 68.3 Å². The van der Waals surface area contributed by atoms with E-state index in [1.54, 1.807) is 30.3 Å². The summed E-state index contributed by atoms with van der Waals surface area (Å²) in [5.41, 5.74) is -0.154. The van der Waals surface area contributed by atoms with E-state index in [0.29, 0.717) is 17.5 Å². The first-order valence-corrected chi connectivity index (χ1v) is 7.36. The first kappa shape index (κ1) is 15.7. The van der Waals surface area contributed by atoms with E-state index < -0.39 is 11.2 Å². The van der Waals surface area contributed by atoms with Crippen LogP contribution in [0.1, 0.15) is 22.8 Å². The number of ketones is 1. The summed E-state index contributed by atoms with van der Waals surface area (Å²) >= 11 is 0. The Balaban J connectivity index is 1.90. The Labute approximate surface area is 135 Å². The lowest BCUT2D eigenvalue weighted by molar-refractivity contribution is 0.0914. The Kier molecular flexibility index (Phi) is 4.24. The van der Waals surface area contributed by atoms with Gasteiger partial charge in [-0.25, -0.2) is 4.79 Å². The monoisotopic (exact) mass is 326 g/mol. The minimum absolute atomic E-state index is 0.106. The molecule has 0 saturated heterocycles. The molecule has 0 unspecified atom stereocenters. The Morgan fingerprint density at radius 3 is 2.71 bits per heavy atom. The predicted octanol–water partition coefficient (Wildman–Crippen LogP) is 1.70. The molecule has 0 aliphatic carbocycles. The standard InChI is InChI=1S/C17H14N2O5/c1-2-10-8-13(21)24-16-14(10)15(22)18-17(19-16)23-9-12(20)11-6-4-3-5-7-11/h3-8H,2,9H2,1H3,(H,18,19,22). The number of hydrogen-bond acceptors (Lipinski definition) is 6. The molecule has 7 heteroatoms. The average Bonchev–Trinajstić information content (AvgIpc) is 2.59. The zero-order chi connectivity index (χ0) is 17.1. The van der Waals surface area contributed by atoms with E-state index in [0.717, 1.165) is 0 Å². The molecular weight excluding hydrogens is 312 g/mol. The van der Waals surface area contributed by atoms with Crippen molar-refractivity contribution >= 4 is 16.9 Å². The number of nitrogens with zero attached hydrogens (tertiary/aromatic N) is 1. The van der Waals surface area contributed by atoms with Crippen molar-refractivity contribution in [2.24, 2.45) is 0 Å². The number of Topliss-reactive ketones (excluding diaryl/α,β-unsaturated/α-hetero) is 1. The average molecular weight is 326 g/mol. The lowest BCUT2D eigenvalue weighted by atomic mass is 10.1. The van der Waals surface area contributed by atoms with Crippen molar-refractivity contribution in [3.63, 3.8) is 0 Å². The van der Waals surface area contributed by atoms with Gasteiger partial charge in [0.1, 0.15) is 5.39 Å². The fourth-order valence-electron chi connectivity index (χ4n) is 2.32. The number of carbonyl (C=O) groups is 1. The number of hydrogen-bond donors (Lipinski definition) is 1. The van der Waals surface area contributed by atoms with Crippen LogP contribution in [-0.2, 0) is 6.42 Å². The van der Waals surface area contributed by atoms with Crippen molar-refractivity contribution in [2.75, 3.05) is 6.61 Å². The second-order valence-electron chi connectivity index (χ2n) is 5.07. The number of ether oxygens (including phenoxy) is 1. The zero-order valence-electron chi connectivity index (χ0n) is 12.9. The molecule has 24 heavy (non-hydrogen) atoms. The Bertz CT molecular complexity index is 1000. The number of H-pyrrole nitrogens is 1. The summed E-state index contributed by atoms with van der Waals surface area (Å²) in [7, 11) is 0. The van der Waals surface area contributed by atoms with Crippen molar-refractivity contribution in [1.82, 2.24) is 9.97 Å². The van der Waals surface area contributed by atoms with Crippen molar-refractivity contribution in [1.29, 1.82) is 0 Å². The van der Waals surface area contributed by atoms with E-state index in [1.165, 1.54) is 6.07 Å². The molecule has 0 saturated carbocycles. The molecule has 0 atom stereocenters. The third kappa shape index (κ3) is 3.10. The highest BCUT2D eigenvalue weighted by molar-refractivity contribution is 5.97. The van der Waals surface area contributed by atoms with Crippen LogP contribution in [0.3, 0.4) is 0 Å². The normalized spacial score (nSPS) is 10.7. The molecule has 0 aliphatic rings. The van der Waals surface area contributed by atoms with Crippen LogP contribution in [0.25, 0.3) is 11.1 Å². The fourth-order valence-corrected chi connectivity index (χ4v) is 2.32. The highest BCUT2D eigenvalue weighted by Crippen LogP contribution is 2.13. The number of aromatic nitrogens is 2. The summed E-state index contributed by atoms with van der Waals surface area (Å²) in [6.45, 7) is 1.52. The molecule has 0 radical (unpaired) electrons. The van der Waals surface area contributed by atoms with E-state index >= 15 is 0 Å². The molecular formula is C17H14N2O5. The molecule has 0 bridgehead atoms. The van der Waals surface area contributed by atoms with Crippen LogP contribution < -0.4 is 15.9 Å². The SMILES string of the molecule is CCc1cc(=O)oc2nc(OCC(=O)c3ccccc3)[nH]c(=O)c12. The minimum atomic E-state index is -0.594. The zero-order valence-corrected chi connectivity index (χ0v) is 12.9. The summed E-state index contributed by atoms with van der Waals surface area (Å²) in [5, 5.41) is 0.207. The third-order valence-electron chi connectivity index (χ3n) is 3.49. The first-order valence-electron chi connectivity index (χ1n) is 7.36. The number of carbonyl (C=O) groups excluding carboxylic acids is 1. The van der Waals surface area contributed by atoms with E-state index in [1.807, 2.05) is 6.92 Å². The van der Waals surface area contributed by atoms with Crippen molar-refractivity contribution < 1.29 is 13.9 Å². The molecule has 122 valence electrons. The van der Waals surface area contributed by atoms with Crippen LogP contribution in [-0.4, -0.2) is 22.4 Å². The molecule has 0 amide bonds. The summed E-state index contributed by atoms with van der Waals surface area (Å²) < 4.78 is 10.2. The van der Waals surface area contributed by atoms with Gasteiger partial charge in [0.2, 0.25) is 5.71 Å². The van der Waals surface area contributed by atoms with Gasteiger partial charge in [-0.15, -0.1) is 0 Å². The van der Waals surface area contributed by atoms with Gasteiger partial charge in [-0.05, 0) is 12.0 Å². The molecule has 2 aromatic heterocycles. The summed E-state index contributed by atoms with van der Waals surface area (Å²) in [5.74, 6) is -0.262. The molecule has 0 aliphatic heterocycles. The summed E-state index contributed by atoms with van der Waals surface area (Å²) in [6.07, 6.45) is 0.486. The van der Waals surface area contributed by atoms with Gasteiger partial charge < -0.3 is 9.15 Å². The van der Waals surface area contributed by atoms with E-state index in [2.05, 4.69) is 9.97 Å². The van der Waals surface area contributed by atoms with Crippen LogP contribution >= 0.6 is 0 Å². The third-order valence-corrected chi connectivity index (χ3v) is 3.49. The van der Waals surface area contributed by atoms with Crippen LogP contribution in [0, 0.1) is 0 Å². The summed E-state index contributed by atoms with van der Waals surface area (Å²) in [6, 6.07) is 9.69. The van der Waals surface area contributed by atoms with Crippen LogP contribution in [0.4, 0.5) is 0 Å². The maximum absolute atomic E-state index is 12.2. The predicted molar refractivity (Wildman–Crippen MR) is 86.5 cm³/mol. The van der Waals surface area contributed by atoms with Gasteiger partial charge in [-0.1, -0.05) is 37.3 Å². The van der Waals surface area contributed by atoms with Gasteiger partial charge in [0.25, 0.3) is 11.6 Å². The lowest BCUT2D eigenvalue weighted by Gasteiger charge is -2.06. The molecule has 7 nitrogen and oxygen atoms in total. The van der Waals surface area contributed by atoms with E-state index in [4.69, 9.17) is 9.15 Å². The van der Waals surface area contributed by atoms with E-state index in [-0.39, 0.29) is 29.5 Å². The molecule has 0 spiro atoms. The molecule has 0 fully saturated rings. The Hall–Kier alpha value is -3.22. The number of fused-ring (bicyclic) bond motifs is 1. The first-order chi connectivity index (χ1) is 11.6. The molecule has 3 aromatic rings. The number of rotatable bonds is 5. The maximum Gasteiger partial charge on any atom is 0.337 e. The highest BCUT2D eigenvalue weighted by atomic mass is 16.5. The number of nitrogens with one attached hydrogen (secondary N) is 1. The van der Waals surface area contributed by atoms with Gasteiger partial charge in [-0.2, -0.15) is 4.98 Å². The molecule has 1 aromatic carbocycles. The van der Waals surface area contributed by atoms with Crippen LogP contribution in [0.5, 0.6) is 6.01 Å². The van der Waals surface area contributed by atoms with Gasteiger partial charge in [0.15, 0.2) is 12.4 Å². The van der Waals surface area contributed by atoms with Crippen molar-refractivity contribution in [3.8, 4) is 6.01 Å². The largest absolute Gasteiger partial charge is 0.456 e. The van der Waals surface area contributed by atoms with Crippen molar-refractivity contribution in [2.45, 2.75) is 13.3 Å².